The van der Waals surface area contributed by atoms with E-state index in [4.69, 9.17) is 14.2 Å². The van der Waals surface area contributed by atoms with Gasteiger partial charge in [0.15, 0.2) is 11.5 Å². The summed E-state index contributed by atoms with van der Waals surface area (Å²) in [5.41, 5.74) is 2.13. The molecule has 7 heteroatoms. The van der Waals surface area contributed by atoms with Crippen LogP contribution < -0.4 is 14.2 Å². The zero-order chi connectivity index (χ0) is 16.5. The fourth-order valence-electron chi connectivity index (χ4n) is 2.86. The maximum absolute atomic E-state index is 5.50. The SMILES string of the molecule is COc1cc(-c2nccn2CCc2cnn(C)c2)cc2c1OCO2. The van der Waals surface area contributed by atoms with E-state index >= 15 is 0 Å². The molecule has 0 N–H and O–H groups in total. The van der Waals surface area contributed by atoms with Gasteiger partial charge in [-0.15, -0.1) is 0 Å². The lowest BCUT2D eigenvalue weighted by Crippen LogP contribution is -2.02. The number of ether oxygens (including phenoxy) is 3. The van der Waals surface area contributed by atoms with Crippen molar-refractivity contribution in [3.63, 3.8) is 0 Å². The van der Waals surface area contributed by atoms with Gasteiger partial charge in [-0.1, -0.05) is 0 Å². The highest BCUT2D eigenvalue weighted by Crippen LogP contribution is 2.43. The fraction of sp³-hybridized carbons (Fsp3) is 0.294. The molecule has 0 bridgehead atoms. The van der Waals surface area contributed by atoms with Crippen LogP contribution >= 0.6 is 0 Å². The van der Waals surface area contributed by atoms with Gasteiger partial charge in [0, 0.05) is 37.7 Å². The molecule has 0 radical (unpaired) electrons. The van der Waals surface area contributed by atoms with Gasteiger partial charge in [0.05, 0.1) is 13.3 Å². The minimum atomic E-state index is 0.213. The van der Waals surface area contributed by atoms with E-state index in [9.17, 15) is 0 Å². The molecule has 0 saturated carbocycles. The van der Waals surface area contributed by atoms with Crippen LogP contribution in [-0.2, 0) is 20.0 Å². The van der Waals surface area contributed by atoms with Crippen molar-refractivity contribution in [2.24, 2.45) is 7.05 Å². The van der Waals surface area contributed by atoms with E-state index in [0.29, 0.717) is 17.2 Å². The van der Waals surface area contributed by atoms with Crippen LogP contribution in [0, 0.1) is 0 Å². The third-order valence-corrected chi connectivity index (χ3v) is 4.03. The van der Waals surface area contributed by atoms with E-state index in [0.717, 1.165) is 24.4 Å². The average Bonchev–Trinajstić information content (AvgIpc) is 3.31. The van der Waals surface area contributed by atoms with E-state index in [-0.39, 0.29) is 6.79 Å². The summed E-state index contributed by atoms with van der Waals surface area (Å²) in [6.45, 7) is 1.03. The molecule has 0 spiro atoms. The number of methoxy groups -OCH3 is 1. The summed E-state index contributed by atoms with van der Waals surface area (Å²) in [5, 5.41) is 4.20. The number of benzene rings is 1. The van der Waals surface area contributed by atoms with Gasteiger partial charge in [0.2, 0.25) is 12.5 Å². The Morgan fingerprint density at radius 2 is 2.21 bits per heavy atom. The Morgan fingerprint density at radius 1 is 1.29 bits per heavy atom. The molecular formula is C17H18N4O3. The predicted octanol–water partition coefficient (Wildman–Crippen LogP) is 2.26. The smallest absolute Gasteiger partial charge is 0.231 e. The van der Waals surface area contributed by atoms with Crippen molar-refractivity contribution < 1.29 is 14.2 Å². The van der Waals surface area contributed by atoms with Gasteiger partial charge in [0.1, 0.15) is 5.82 Å². The van der Waals surface area contributed by atoms with E-state index in [1.807, 2.05) is 42.5 Å². The highest BCUT2D eigenvalue weighted by molar-refractivity contribution is 5.67. The van der Waals surface area contributed by atoms with Crippen LogP contribution in [0.1, 0.15) is 5.56 Å². The number of aryl methyl sites for hydroxylation is 3. The third-order valence-electron chi connectivity index (χ3n) is 4.03. The average molecular weight is 326 g/mol. The number of imidazole rings is 1. The number of hydrogen-bond acceptors (Lipinski definition) is 5. The molecule has 124 valence electrons. The molecule has 0 amide bonds. The monoisotopic (exact) mass is 326 g/mol. The van der Waals surface area contributed by atoms with Crippen LogP contribution in [-0.4, -0.2) is 33.2 Å². The first-order valence-corrected chi connectivity index (χ1v) is 7.71. The first-order valence-electron chi connectivity index (χ1n) is 7.71. The number of rotatable bonds is 5. The molecule has 2 aromatic heterocycles. The lowest BCUT2D eigenvalue weighted by atomic mass is 10.1. The maximum Gasteiger partial charge on any atom is 0.231 e. The Hall–Kier alpha value is -2.96. The summed E-state index contributed by atoms with van der Waals surface area (Å²) < 4.78 is 20.3. The maximum atomic E-state index is 5.50. The summed E-state index contributed by atoms with van der Waals surface area (Å²) in [5.74, 6) is 2.86. The van der Waals surface area contributed by atoms with Gasteiger partial charge in [-0.05, 0) is 24.1 Å². The zero-order valence-electron chi connectivity index (χ0n) is 13.6. The van der Waals surface area contributed by atoms with Crippen molar-refractivity contribution in [3.05, 3.63) is 42.5 Å². The molecule has 4 rings (SSSR count). The van der Waals surface area contributed by atoms with E-state index in [1.165, 1.54) is 5.56 Å². The summed E-state index contributed by atoms with van der Waals surface area (Å²) in [6, 6.07) is 3.87. The molecule has 3 heterocycles. The van der Waals surface area contributed by atoms with Gasteiger partial charge < -0.3 is 18.8 Å². The molecule has 0 unspecified atom stereocenters. The predicted molar refractivity (Wildman–Crippen MR) is 87.3 cm³/mol. The Balaban J connectivity index is 1.62. The zero-order valence-corrected chi connectivity index (χ0v) is 13.6. The van der Waals surface area contributed by atoms with Crippen LogP contribution in [0.5, 0.6) is 17.2 Å². The Labute approximate surface area is 139 Å². The first kappa shape index (κ1) is 14.6. The minimum Gasteiger partial charge on any atom is -0.493 e. The molecular weight excluding hydrogens is 308 g/mol. The lowest BCUT2D eigenvalue weighted by molar-refractivity contribution is 0.171. The highest BCUT2D eigenvalue weighted by atomic mass is 16.7. The Morgan fingerprint density at radius 3 is 3.00 bits per heavy atom. The number of fused-ring (bicyclic) bond motifs is 1. The second-order valence-corrected chi connectivity index (χ2v) is 5.63. The summed E-state index contributed by atoms with van der Waals surface area (Å²) in [4.78, 5) is 4.50. The second-order valence-electron chi connectivity index (χ2n) is 5.63. The Kier molecular flexibility index (Phi) is 3.60. The molecule has 0 fully saturated rings. The number of hydrogen-bond donors (Lipinski definition) is 0. The summed E-state index contributed by atoms with van der Waals surface area (Å²) >= 11 is 0. The largest absolute Gasteiger partial charge is 0.493 e. The van der Waals surface area contributed by atoms with Gasteiger partial charge in [-0.25, -0.2) is 4.98 Å². The van der Waals surface area contributed by atoms with Crippen LogP contribution in [0.4, 0.5) is 0 Å². The van der Waals surface area contributed by atoms with Crippen molar-refractivity contribution >= 4 is 0 Å². The molecule has 3 aromatic rings. The number of nitrogens with zero attached hydrogens (tertiary/aromatic N) is 4. The topological polar surface area (TPSA) is 63.3 Å². The van der Waals surface area contributed by atoms with E-state index in [2.05, 4.69) is 14.6 Å². The summed E-state index contributed by atoms with van der Waals surface area (Å²) in [6.07, 6.45) is 8.58. The number of aromatic nitrogens is 4. The van der Waals surface area contributed by atoms with E-state index < -0.39 is 0 Å². The van der Waals surface area contributed by atoms with Gasteiger partial charge in [-0.2, -0.15) is 5.10 Å². The quantitative estimate of drug-likeness (QED) is 0.720. The van der Waals surface area contributed by atoms with Crippen LogP contribution in [0.25, 0.3) is 11.4 Å². The van der Waals surface area contributed by atoms with Crippen LogP contribution in [0.15, 0.2) is 36.9 Å². The van der Waals surface area contributed by atoms with Crippen LogP contribution in [0.3, 0.4) is 0 Å². The lowest BCUT2D eigenvalue weighted by Gasteiger charge is -2.10. The molecule has 1 aliphatic heterocycles. The molecule has 24 heavy (non-hydrogen) atoms. The fourth-order valence-corrected chi connectivity index (χ4v) is 2.86. The molecule has 0 aliphatic carbocycles. The van der Waals surface area contributed by atoms with Crippen molar-refractivity contribution in [1.29, 1.82) is 0 Å². The van der Waals surface area contributed by atoms with Crippen LogP contribution in [0.2, 0.25) is 0 Å². The third kappa shape index (κ3) is 2.58. The molecule has 1 aliphatic rings. The van der Waals surface area contributed by atoms with Crippen molar-refractivity contribution in [2.75, 3.05) is 13.9 Å². The molecule has 1 aromatic carbocycles. The van der Waals surface area contributed by atoms with Gasteiger partial charge >= 0.3 is 0 Å². The molecule has 7 nitrogen and oxygen atoms in total. The van der Waals surface area contributed by atoms with E-state index in [1.54, 1.807) is 13.3 Å². The Bertz CT molecular complexity index is 869. The van der Waals surface area contributed by atoms with Crippen molar-refractivity contribution in [2.45, 2.75) is 13.0 Å². The standard InChI is InChI=1S/C17H18N4O3/c1-20-10-12(9-19-20)3-5-21-6-4-18-17(21)13-7-14(22-2)16-15(8-13)23-11-24-16/h4,6-10H,3,5,11H2,1-2H3. The normalized spacial score (nSPS) is 12.6. The van der Waals surface area contributed by atoms with Crippen molar-refractivity contribution in [1.82, 2.24) is 19.3 Å². The summed E-state index contributed by atoms with van der Waals surface area (Å²) in [7, 11) is 3.54. The first-order chi connectivity index (χ1) is 11.7. The van der Waals surface area contributed by atoms with Crippen molar-refractivity contribution in [3.8, 4) is 28.6 Å². The highest BCUT2D eigenvalue weighted by Gasteiger charge is 2.21. The van der Waals surface area contributed by atoms with Gasteiger partial charge in [-0.3, -0.25) is 4.68 Å². The van der Waals surface area contributed by atoms with Gasteiger partial charge in [0.25, 0.3) is 0 Å². The second kappa shape index (κ2) is 5.92. The minimum absolute atomic E-state index is 0.213. The molecule has 0 atom stereocenters. The molecule has 0 saturated heterocycles.